The second-order valence-electron chi connectivity index (χ2n) is 7.56. The van der Waals surface area contributed by atoms with Crippen LogP contribution in [0.15, 0.2) is 18.2 Å². The molecular weight excluding hydrogens is 304 g/mol. The molecule has 0 aliphatic heterocycles. The number of carboxylic acid groups (broad SMARTS) is 1. The van der Waals surface area contributed by atoms with Crippen LogP contribution in [0.3, 0.4) is 0 Å². The summed E-state index contributed by atoms with van der Waals surface area (Å²) in [6.07, 6.45) is 8.30. The molecule has 1 aromatic carbocycles. The molecule has 4 nitrogen and oxygen atoms in total. The van der Waals surface area contributed by atoms with Gasteiger partial charge in [-0.05, 0) is 74.5 Å². The number of rotatable bonds is 5. The summed E-state index contributed by atoms with van der Waals surface area (Å²) < 4.78 is 11.7. The van der Waals surface area contributed by atoms with Gasteiger partial charge in [-0.15, -0.1) is 0 Å². The zero-order valence-electron chi connectivity index (χ0n) is 14.7. The van der Waals surface area contributed by atoms with Gasteiger partial charge in [0.1, 0.15) is 0 Å². The number of benzene rings is 1. The van der Waals surface area contributed by atoms with Crippen molar-refractivity contribution in [3.63, 3.8) is 0 Å². The predicted molar refractivity (Wildman–Crippen MR) is 92.8 cm³/mol. The molecule has 2 fully saturated rings. The lowest BCUT2D eigenvalue weighted by molar-refractivity contribution is -0.143. The number of methoxy groups -OCH3 is 1. The first kappa shape index (κ1) is 17.1. The molecule has 4 heteroatoms. The smallest absolute Gasteiger partial charge is 0.306 e. The monoisotopic (exact) mass is 332 g/mol. The molecule has 0 heterocycles. The third kappa shape index (κ3) is 3.52. The van der Waals surface area contributed by atoms with Crippen LogP contribution in [-0.4, -0.2) is 24.3 Å². The lowest BCUT2D eigenvalue weighted by Crippen LogP contribution is -2.31. The molecule has 24 heavy (non-hydrogen) atoms. The van der Waals surface area contributed by atoms with Crippen molar-refractivity contribution < 1.29 is 19.4 Å². The van der Waals surface area contributed by atoms with Gasteiger partial charge in [0, 0.05) is 0 Å². The number of aliphatic carboxylic acids is 1. The molecule has 2 aliphatic carbocycles. The average Bonchev–Trinajstić information content (AvgIpc) is 3.08. The van der Waals surface area contributed by atoms with Gasteiger partial charge >= 0.3 is 5.97 Å². The fraction of sp³-hybridized carbons (Fsp3) is 0.650. The molecule has 0 atom stereocenters. The van der Waals surface area contributed by atoms with Crippen LogP contribution in [0.4, 0.5) is 0 Å². The second-order valence-corrected chi connectivity index (χ2v) is 7.56. The molecule has 1 N–H and O–H groups in total. The van der Waals surface area contributed by atoms with Crippen molar-refractivity contribution in [2.24, 2.45) is 5.92 Å². The van der Waals surface area contributed by atoms with Gasteiger partial charge in [-0.1, -0.05) is 13.0 Å². The maximum absolute atomic E-state index is 11.2. The summed E-state index contributed by atoms with van der Waals surface area (Å²) in [6.45, 7) is 2.24. The standard InChI is InChI=1S/C20H28O4/c1-20(11-9-14(10-12-20)19(21)22)15-7-8-17(23-2)18(13-15)24-16-5-3-4-6-16/h7-8,13-14,16H,3-6,9-12H2,1-2H3,(H,21,22). The average molecular weight is 332 g/mol. The van der Waals surface area contributed by atoms with Crippen LogP contribution in [0, 0.1) is 5.92 Å². The van der Waals surface area contributed by atoms with Gasteiger partial charge in [0.05, 0.1) is 19.1 Å². The fourth-order valence-electron chi connectivity index (χ4n) is 4.12. The van der Waals surface area contributed by atoms with Gasteiger partial charge < -0.3 is 14.6 Å². The zero-order valence-corrected chi connectivity index (χ0v) is 14.7. The van der Waals surface area contributed by atoms with Gasteiger partial charge in [0.15, 0.2) is 11.5 Å². The van der Waals surface area contributed by atoms with E-state index in [1.54, 1.807) is 7.11 Å². The van der Waals surface area contributed by atoms with Crippen LogP contribution in [0.1, 0.15) is 63.9 Å². The summed E-state index contributed by atoms with van der Waals surface area (Å²) in [5, 5.41) is 9.21. The summed E-state index contributed by atoms with van der Waals surface area (Å²) in [5.74, 6) is 0.777. The van der Waals surface area contributed by atoms with E-state index >= 15 is 0 Å². The lowest BCUT2D eigenvalue weighted by Gasteiger charge is -2.37. The quantitative estimate of drug-likeness (QED) is 0.859. The fourth-order valence-corrected chi connectivity index (χ4v) is 4.12. The molecule has 0 saturated heterocycles. The van der Waals surface area contributed by atoms with Crippen molar-refractivity contribution >= 4 is 5.97 Å². The van der Waals surface area contributed by atoms with Crippen molar-refractivity contribution in [1.29, 1.82) is 0 Å². The molecule has 0 amide bonds. The normalized spacial score (nSPS) is 27.8. The van der Waals surface area contributed by atoms with E-state index < -0.39 is 5.97 Å². The molecule has 0 spiro atoms. The molecule has 0 aromatic heterocycles. The first-order valence-corrected chi connectivity index (χ1v) is 9.10. The summed E-state index contributed by atoms with van der Waals surface area (Å²) in [7, 11) is 1.68. The molecule has 132 valence electrons. The molecule has 2 aliphatic rings. The Morgan fingerprint density at radius 1 is 1.12 bits per heavy atom. The van der Waals surface area contributed by atoms with Gasteiger partial charge in [0.2, 0.25) is 0 Å². The van der Waals surface area contributed by atoms with Crippen molar-refractivity contribution in [3.05, 3.63) is 23.8 Å². The maximum atomic E-state index is 11.2. The maximum Gasteiger partial charge on any atom is 0.306 e. The highest BCUT2D eigenvalue weighted by molar-refractivity contribution is 5.70. The van der Waals surface area contributed by atoms with E-state index in [0.717, 1.165) is 50.0 Å². The minimum Gasteiger partial charge on any atom is -0.493 e. The number of hydrogen-bond acceptors (Lipinski definition) is 3. The largest absolute Gasteiger partial charge is 0.493 e. The zero-order chi connectivity index (χ0) is 17.2. The third-order valence-electron chi connectivity index (χ3n) is 5.89. The van der Waals surface area contributed by atoms with Crippen LogP contribution in [0.25, 0.3) is 0 Å². The Labute approximate surface area is 144 Å². The van der Waals surface area contributed by atoms with Crippen molar-refractivity contribution in [3.8, 4) is 11.5 Å². The summed E-state index contributed by atoms with van der Waals surface area (Å²) in [4.78, 5) is 11.2. The van der Waals surface area contributed by atoms with Gasteiger partial charge in [-0.2, -0.15) is 0 Å². The Morgan fingerprint density at radius 3 is 2.38 bits per heavy atom. The Bertz CT molecular complexity index is 581. The van der Waals surface area contributed by atoms with E-state index in [0.29, 0.717) is 6.10 Å². The first-order valence-electron chi connectivity index (χ1n) is 9.10. The Morgan fingerprint density at radius 2 is 1.79 bits per heavy atom. The molecule has 0 radical (unpaired) electrons. The van der Waals surface area contributed by atoms with Crippen molar-refractivity contribution in [1.82, 2.24) is 0 Å². The highest BCUT2D eigenvalue weighted by Gasteiger charge is 2.35. The van der Waals surface area contributed by atoms with Crippen molar-refractivity contribution in [2.45, 2.75) is 69.8 Å². The Balaban J connectivity index is 1.79. The molecule has 0 bridgehead atoms. The Hall–Kier alpha value is -1.71. The highest BCUT2D eigenvalue weighted by Crippen LogP contribution is 2.44. The van der Waals surface area contributed by atoms with E-state index in [-0.39, 0.29) is 11.3 Å². The predicted octanol–water partition coefficient (Wildman–Crippen LogP) is 4.55. The number of carbonyl (C=O) groups is 1. The van der Waals surface area contributed by atoms with Crippen LogP contribution in [-0.2, 0) is 10.2 Å². The number of ether oxygens (including phenoxy) is 2. The summed E-state index contributed by atoms with van der Waals surface area (Å²) in [6, 6.07) is 6.23. The topological polar surface area (TPSA) is 55.8 Å². The highest BCUT2D eigenvalue weighted by atomic mass is 16.5. The van der Waals surface area contributed by atoms with Crippen LogP contribution < -0.4 is 9.47 Å². The van der Waals surface area contributed by atoms with E-state index in [1.165, 1.54) is 18.4 Å². The molecule has 0 unspecified atom stereocenters. The van der Waals surface area contributed by atoms with E-state index in [4.69, 9.17) is 9.47 Å². The Kier molecular flexibility index (Phi) is 5.02. The molecule has 2 saturated carbocycles. The number of hydrogen-bond donors (Lipinski definition) is 1. The number of carboxylic acids is 1. The minimum atomic E-state index is -0.656. The SMILES string of the molecule is COc1ccc(C2(C)CCC(C(=O)O)CC2)cc1OC1CCCC1. The van der Waals surface area contributed by atoms with Crippen molar-refractivity contribution in [2.75, 3.05) is 7.11 Å². The van der Waals surface area contributed by atoms with Gasteiger partial charge in [0.25, 0.3) is 0 Å². The molecule has 3 rings (SSSR count). The minimum absolute atomic E-state index is 0.0198. The van der Waals surface area contributed by atoms with Crippen LogP contribution in [0.5, 0.6) is 11.5 Å². The molecule has 1 aromatic rings. The van der Waals surface area contributed by atoms with E-state index in [1.807, 2.05) is 6.07 Å². The first-order chi connectivity index (χ1) is 11.5. The second kappa shape index (κ2) is 7.04. The van der Waals surface area contributed by atoms with Gasteiger partial charge in [-0.25, -0.2) is 0 Å². The van der Waals surface area contributed by atoms with Crippen LogP contribution in [0.2, 0.25) is 0 Å². The molecular formula is C20H28O4. The summed E-state index contributed by atoms with van der Waals surface area (Å²) >= 11 is 0. The van der Waals surface area contributed by atoms with E-state index in [9.17, 15) is 9.90 Å². The van der Waals surface area contributed by atoms with Gasteiger partial charge in [-0.3, -0.25) is 4.79 Å². The van der Waals surface area contributed by atoms with Crippen LogP contribution >= 0.6 is 0 Å². The summed E-state index contributed by atoms with van der Waals surface area (Å²) in [5.41, 5.74) is 1.26. The lowest BCUT2D eigenvalue weighted by atomic mass is 9.68. The van der Waals surface area contributed by atoms with E-state index in [2.05, 4.69) is 19.1 Å². The third-order valence-corrected chi connectivity index (χ3v) is 5.89.